The normalized spacial score (nSPS) is 11.8. The quantitative estimate of drug-likeness (QED) is 0.139. The first-order valence-corrected chi connectivity index (χ1v) is 17.2. The molecule has 8 rings (SSSR count). The van der Waals surface area contributed by atoms with Gasteiger partial charge in [0.05, 0.1) is 22.8 Å². The van der Waals surface area contributed by atoms with Gasteiger partial charge in [0.25, 0.3) is 0 Å². The Bertz CT molecular complexity index is 2300. The molecule has 0 unspecified atom stereocenters. The average Bonchev–Trinajstić information content (AvgIpc) is 3.64. The van der Waals surface area contributed by atoms with Crippen molar-refractivity contribution in [3.63, 3.8) is 0 Å². The second-order valence-electron chi connectivity index (χ2n) is 12.2. The van der Waals surface area contributed by atoms with Crippen LogP contribution in [0.15, 0.2) is 222 Å². The van der Waals surface area contributed by atoms with Crippen molar-refractivity contribution in [2.45, 2.75) is 0 Å². The van der Waals surface area contributed by atoms with Gasteiger partial charge >= 0.3 is 0 Å². The van der Waals surface area contributed by atoms with Crippen LogP contribution in [0.5, 0.6) is 0 Å². The summed E-state index contributed by atoms with van der Waals surface area (Å²) in [6.45, 7) is 0. The molecule has 0 radical (unpaired) electrons. The highest BCUT2D eigenvalue weighted by Crippen LogP contribution is 2.40. The van der Waals surface area contributed by atoms with Crippen LogP contribution in [-0.2, 0) is 0 Å². The van der Waals surface area contributed by atoms with E-state index in [4.69, 9.17) is 10.1 Å². The highest BCUT2D eigenvalue weighted by atomic mass is 15.4. The van der Waals surface area contributed by atoms with Gasteiger partial charge in [0, 0.05) is 33.4 Å². The van der Waals surface area contributed by atoms with Gasteiger partial charge in [-0.15, -0.1) is 0 Å². The molecule has 0 atom stereocenters. The fourth-order valence-electron chi connectivity index (χ4n) is 6.46. The van der Waals surface area contributed by atoms with E-state index < -0.39 is 0 Å². The van der Waals surface area contributed by atoms with Crippen molar-refractivity contribution < 1.29 is 0 Å². The molecule has 0 aliphatic heterocycles. The monoisotopic (exact) mass is 653 g/mol. The highest BCUT2D eigenvalue weighted by molar-refractivity contribution is 6.54. The predicted octanol–water partition coefficient (Wildman–Crippen LogP) is 12.2. The lowest BCUT2D eigenvalue weighted by Gasteiger charge is -2.18. The van der Waals surface area contributed by atoms with Crippen molar-refractivity contribution >= 4 is 17.1 Å². The molecule has 3 nitrogen and oxygen atoms in total. The Morgan fingerprint density at radius 1 is 0.314 bits per heavy atom. The van der Waals surface area contributed by atoms with E-state index in [1.807, 2.05) is 24.3 Å². The van der Waals surface area contributed by atoms with E-state index in [0.29, 0.717) is 0 Å². The third kappa shape index (κ3) is 6.74. The molecule has 0 aliphatic rings. The maximum absolute atomic E-state index is 5.72. The summed E-state index contributed by atoms with van der Waals surface area (Å²) in [5.41, 5.74) is 12.8. The van der Waals surface area contributed by atoms with Gasteiger partial charge in [0.2, 0.25) is 0 Å². The Hall–Kier alpha value is -6.84. The summed E-state index contributed by atoms with van der Waals surface area (Å²) in [6.07, 6.45) is 0. The van der Waals surface area contributed by atoms with Gasteiger partial charge in [-0.1, -0.05) is 200 Å². The van der Waals surface area contributed by atoms with E-state index in [1.165, 1.54) is 0 Å². The van der Waals surface area contributed by atoms with Crippen LogP contribution < -0.4 is 0 Å². The number of rotatable bonds is 9. The van der Waals surface area contributed by atoms with Crippen molar-refractivity contribution in [2.75, 3.05) is 0 Å². The van der Waals surface area contributed by atoms with Crippen LogP contribution in [0.25, 0.3) is 44.8 Å². The molecule has 1 aromatic heterocycles. The van der Waals surface area contributed by atoms with Gasteiger partial charge in [-0.05, 0) is 23.3 Å². The maximum Gasteiger partial charge on any atom is 0.117 e. The lowest BCUT2D eigenvalue weighted by Crippen LogP contribution is -2.19. The molecule has 0 amide bonds. The minimum atomic E-state index is 0.759. The molecular formula is C48H35N3. The Labute approximate surface area is 299 Å². The van der Waals surface area contributed by atoms with Gasteiger partial charge in [-0.25, -0.2) is 9.67 Å². The molecule has 0 saturated heterocycles. The van der Waals surface area contributed by atoms with Gasteiger partial charge in [-0.2, -0.15) is 5.10 Å². The number of hydrogen-bond donors (Lipinski definition) is 0. The van der Waals surface area contributed by atoms with Crippen LogP contribution in [0.3, 0.4) is 0 Å². The summed E-state index contributed by atoms with van der Waals surface area (Å²) in [5, 5.41) is 5.62. The molecule has 0 aliphatic carbocycles. The van der Waals surface area contributed by atoms with Gasteiger partial charge in [-0.3, -0.25) is 0 Å². The first kappa shape index (κ1) is 31.4. The largest absolute Gasteiger partial charge is 0.245 e. The number of aromatic nitrogens is 1. The Morgan fingerprint density at radius 3 is 1.08 bits per heavy atom. The van der Waals surface area contributed by atoms with Gasteiger partial charge in [0.15, 0.2) is 0 Å². The standard InChI is InChI=1S/C48H35N3/c1-7-20-36(21-8-1)42-32-19-33-43(37-22-9-2-10-23-37)48(42)49-46(40-28-15-5-16-29-40)47(41-30-17-6-18-31-41)50-51-44(38-24-11-3-12-25-38)34-35-45(51)39-26-13-4-14-27-39/h1-35H/b49-46?,50-47+. The summed E-state index contributed by atoms with van der Waals surface area (Å²) in [4.78, 5) is 5.72. The first-order valence-electron chi connectivity index (χ1n) is 17.2. The summed E-state index contributed by atoms with van der Waals surface area (Å²) < 4.78 is 2.08. The Balaban J connectivity index is 1.46. The SMILES string of the molecule is c1ccc(C(=Nc2c(-c3ccccc3)cccc2-c2ccccc2)/C(=N/n2c(-c3ccccc3)ccc2-c2ccccc2)c2ccccc2)cc1. The first-order chi connectivity index (χ1) is 25.3. The number of benzene rings is 7. The zero-order valence-corrected chi connectivity index (χ0v) is 28.0. The average molecular weight is 654 g/mol. The molecule has 242 valence electrons. The fraction of sp³-hybridized carbons (Fsp3) is 0. The second kappa shape index (κ2) is 14.7. The van der Waals surface area contributed by atoms with E-state index in [-0.39, 0.29) is 0 Å². The molecule has 0 bridgehead atoms. The van der Waals surface area contributed by atoms with Crippen LogP contribution in [0.4, 0.5) is 5.69 Å². The second-order valence-corrected chi connectivity index (χ2v) is 12.2. The lowest BCUT2D eigenvalue weighted by molar-refractivity contribution is 0.909. The predicted molar refractivity (Wildman–Crippen MR) is 214 cm³/mol. The number of para-hydroxylation sites is 1. The molecule has 3 heteroatoms. The molecular weight excluding hydrogens is 619 g/mol. The van der Waals surface area contributed by atoms with Crippen molar-refractivity contribution in [3.05, 3.63) is 223 Å². The van der Waals surface area contributed by atoms with Crippen molar-refractivity contribution in [1.29, 1.82) is 0 Å². The zero-order chi connectivity index (χ0) is 34.2. The Morgan fingerprint density at radius 2 is 0.667 bits per heavy atom. The van der Waals surface area contributed by atoms with Gasteiger partial charge in [0.1, 0.15) is 5.71 Å². The molecule has 0 saturated carbocycles. The summed E-state index contributed by atoms with van der Waals surface area (Å²) >= 11 is 0. The zero-order valence-electron chi connectivity index (χ0n) is 28.0. The minimum absolute atomic E-state index is 0.759. The fourth-order valence-corrected chi connectivity index (χ4v) is 6.46. The van der Waals surface area contributed by atoms with Crippen LogP contribution in [0, 0.1) is 0 Å². The highest BCUT2D eigenvalue weighted by Gasteiger charge is 2.21. The molecule has 0 N–H and O–H groups in total. The molecule has 7 aromatic carbocycles. The van der Waals surface area contributed by atoms with E-state index in [0.717, 1.165) is 73.0 Å². The molecule has 0 fully saturated rings. The van der Waals surface area contributed by atoms with Crippen molar-refractivity contribution in [1.82, 2.24) is 4.68 Å². The summed E-state index contributed by atoms with van der Waals surface area (Å²) in [6, 6.07) is 73.5. The van der Waals surface area contributed by atoms with Crippen molar-refractivity contribution in [2.24, 2.45) is 10.1 Å². The van der Waals surface area contributed by atoms with Crippen LogP contribution in [0.1, 0.15) is 11.1 Å². The molecule has 8 aromatic rings. The summed E-state index contributed by atoms with van der Waals surface area (Å²) in [5.74, 6) is 0. The topological polar surface area (TPSA) is 29.6 Å². The minimum Gasteiger partial charge on any atom is -0.245 e. The molecule has 0 spiro atoms. The van der Waals surface area contributed by atoms with Crippen LogP contribution in [-0.4, -0.2) is 16.1 Å². The molecule has 1 heterocycles. The molecule has 51 heavy (non-hydrogen) atoms. The maximum atomic E-state index is 5.72. The van der Waals surface area contributed by atoms with E-state index in [9.17, 15) is 0 Å². The van der Waals surface area contributed by atoms with Crippen molar-refractivity contribution in [3.8, 4) is 44.8 Å². The van der Waals surface area contributed by atoms with E-state index in [2.05, 4.69) is 193 Å². The lowest BCUT2D eigenvalue weighted by atomic mass is 9.95. The summed E-state index contributed by atoms with van der Waals surface area (Å²) in [7, 11) is 0. The van der Waals surface area contributed by atoms with Gasteiger partial charge < -0.3 is 0 Å². The third-order valence-electron chi connectivity index (χ3n) is 8.94. The number of nitrogens with zero attached hydrogens (tertiary/aromatic N) is 3. The smallest absolute Gasteiger partial charge is 0.117 e. The van der Waals surface area contributed by atoms with E-state index in [1.54, 1.807) is 0 Å². The number of aliphatic imine (C=N–C) groups is 1. The Kier molecular flexibility index (Phi) is 9.08. The van der Waals surface area contributed by atoms with Crippen LogP contribution >= 0.6 is 0 Å². The van der Waals surface area contributed by atoms with Crippen LogP contribution in [0.2, 0.25) is 0 Å². The third-order valence-corrected chi connectivity index (χ3v) is 8.94. The van der Waals surface area contributed by atoms with E-state index >= 15 is 0 Å². The number of hydrogen-bond acceptors (Lipinski definition) is 2.